The molecule has 2 N–H and O–H groups in total. The van der Waals surface area contributed by atoms with Gasteiger partial charge in [0, 0.05) is 16.9 Å². The van der Waals surface area contributed by atoms with Crippen molar-refractivity contribution in [3.63, 3.8) is 0 Å². The van der Waals surface area contributed by atoms with E-state index in [1.54, 1.807) is 11.8 Å². The summed E-state index contributed by atoms with van der Waals surface area (Å²) in [6, 6.07) is 24.2. The average Bonchev–Trinajstić information content (AvgIpc) is 3.33. The Morgan fingerprint density at radius 2 is 1.69 bits per heavy atom. The van der Waals surface area contributed by atoms with E-state index < -0.39 is 6.04 Å². The summed E-state index contributed by atoms with van der Waals surface area (Å²) >= 11 is 0. The summed E-state index contributed by atoms with van der Waals surface area (Å²) < 4.78 is 12.7. The first-order chi connectivity index (χ1) is 17.6. The van der Waals surface area contributed by atoms with E-state index in [1.165, 1.54) is 0 Å². The molecule has 0 radical (unpaired) electrons. The van der Waals surface area contributed by atoms with Crippen LogP contribution in [0.4, 0.5) is 11.6 Å². The molecule has 0 saturated heterocycles. The fourth-order valence-electron chi connectivity index (χ4n) is 4.25. The van der Waals surface area contributed by atoms with Crippen LogP contribution in [0.2, 0.25) is 0 Å². The van der Waals surface area contributed by atoms with Crippen molar-refractivity contribution in [3.05, 3.63) is 95.7 Å². The molecule has 0 bridgehead atoms. The number of rotatable bonds is 7. The monoisotopic (exact) mass is 481 g/mol. The maximum absolute atomic E-state index is 13.6. The Morgan fingerprint density at radius 3 is 2.36 bits per heavy atom. The van der Waals surface area contributed by atoms with Crippen LogP contribution in [0.3, 0.4) is 0 Å². The number of hydrogen-bond donors (Lipinski definition) is 2. The number of carbonyl (C=O) groups excluding carboxylic acids is 1. The Morgan fingerprint density at radius 1 is 1.00 bits per heavy atom. The largest absolute Gasteiger partial charge is 0.497 e. The molecule has 0 spiro atoms. The van der Waals surface area contributed by atoms with Gasteiger partial charge in [-0.25, -0.2) is 4.68 Å². The van der Waals surface area contributed by atoms with Crippen molar-refractivity contribution in [2.75, 3.05) is 24.4 Å². The van der Waals surface area contributed by atoms with E-state index in [2.05, 4.69) is 10.6 Å². The highest BCUT2D eigenvalue weighted by molar-refractivity contribution is 6.06. The normalized spacial score (nSPS) is 14.6. The van der Waals surface area contributed by atoms with Crippen molar-refractivity contribution < 1.29 is 14.3 Å². The fraction of sp³-hybridized carbons (Fsp3) is 0.179. The number of aromatic nitrogens is 3. The van der Waals surface area contributed by atoms with Crippen LogP contribution in [0.25, 0.3) is 11.4 Å². The highest BCUT2D eigenvalue weighted by atomic mass is 16.5. The highest BCUT2D eigenvalue weighted by Crippen LogP contribution is 2.37. The van der Waals surface area contributed by atoms with E-state index in [1.807, 2.05) is 92.7 Å². The zero-order valence-electron chi connectivity index (χ0n) is 20.4. The zero-order valence-corrected chi connectivity index (χ0v) is 20.4. The number of methoxy groups -OCH3 is 1. The van der Waals surface area contributed by atoms with Gasteiger partial charge in [-0.15, -0.1) is 5.10 Å². The lowest BCUT2D eigenvalue weighted by Crippen LogP contribution is -2.31. The van der Waals surface area contributed by atoms with Crippen LogP contribution in [0.5, 0.6) is 11.5 Å². The van der Waals surface area contributed by atoms with Crippen LogP contribution < -0.4 is 20.1 Å². The quantitative estimate of drug-likeness (QED) is 0.373. The number of carbonyl (C=O) groups is 1. The lowest BCUT2D eigenvalue weighted by molar-refractivity contribution is -0.113. The van der Waals surface area contributed by atoms with E-state index in [0.29, 0.717) is 29.6 Å². The predicted molar refractivity (Wildman–Crippen MR) is 139 cm³/mol. The third-order valence-corrected chi connectivity index (χ3v) is 5.98. The summed E-state index contributed by atoms with van der Waals surface area (Å²) in [4.78, 5) is 18.3. The van der Waals surface area contributed by atoms with Crippen LogP contribution >= 0.6 is 0 Å². The molecule has 0 saturated carbocycles. The molecule has 2 heterocycles. The molecule has 0 aliphatic carbocycles. The maximum Gasteiger partial charge on any atom is 0.255 e. The number of nitrogens with zero attached hydrogens (tertiary/aromatic N) is 3. The number of benzene rings is 3. The van der Waals surface area contributed by atoms with Gasteiger partial charge in [0.25, 0.3) is 5.91 Å². The van der Waals surface area contributed by atoms with Crippen LogP contribution in [0, 0.1) is 0 Å². The Hall–Kier alpha value is -4.59. The molecule has 36 heavy (non-hydrogen) atoms. The van der Waals surface area contributed by atoms with Crippen LogP contribution in [-0.4, -0.2) is 34.4 Å². The van der Waals surface area contributed by atoms with Crippen LogP contribution in [-0.2, 0) is 4.79 Å². The van der Waals surface area contributed by atoms with Crippen molar-refractivity contribution >= 4 is 17.5 Å². The second kappa shape index (κ2) is 9.95. The molecule has 1 atom stereocenters. The molecule has 1 aliphatic heterocycles. The highest BCUT2D eigenvalue weighted by Gasteiger charge is 2.34. The number of para-hydroxylation sites is 1. The number of anilines is 2. The number of allylic oxidation sites excluding steroid dienone is 1. The first kappa shape index (κ1) is 23.2. The summed E-state index contributed by atoms with van der Waals surface area (Å²) in [5, 5.41) is 11.1. The van der Waals surface area contributed by atoms with Crippen LogP contribution in [0.1, 0.15) is 25.5 Å². The molecule has 8 nitrogen and oxygen atoms in total. The summed E-state index contributed by atoms with van der Waals surface area (Å²) in [5.41, 5.74) is 3.73. The SMILES string of the molecule is CCOc1ccc(C2C(C(=O)Nc3ccccc3)=C(C)Nc3nc(-c4ccc(OC)cc4)nn32)cc1. The Labute approximate surface area is 209 Å². The first-order valence-electron chi connectivity index (χ1n) is 11.7. The van der Waals surface area contributed by atoms with Gasteiger partial charge in [0.05, 0.1) is 19.3 Å². The Bertz CT molecular complexity index is 1390. The van der Waals surface area contributed by atoms with Gasteiger partial charge < -0.3 is 20.1 Å². The molecular formula is C28H27N5O3. The third-order valence-electron chi connectivity index (χ3n) is 5.98. The molecule has 8 heteroatoms. The van der Waals surface area contributed by atoms with E-state index >= 15 is 0 Å². The second-order valence-corrected chi connectivity index (χ2v) is 8.32. The number of nitrogens with one attached hydrogen (secondary N) is 2. The third kappa shape index (κ3) is 4.53. The van der Waals surface area contributed by atoms with Crippen molar-refractivity contribution in [3.8, 4) is 22.9 Å². The lowest BCUT2D eigenvalue weighted by atomic mass is 9.95. The smallest absolute Gasteiger partial charge is 0.255 e. The average molecular weight is 482 g/mol. The van der Waals surface area contributed by atoms with Crippen molar-refractivity contribution in [2.45, 2.75) is 19.9 Å². The Kier molecular flexibility index (Phi) is 6.40. The van der Waals surface area contributed by atoms with Gasteiger partial charge in [-0.1, -0.05) is 30.3 Å². The van der Waals surface area contributed by atoms with Gasteiger partial charge in [-0.2, -0.15) is 4.98 Å². The molecule has 1 aliphatic rings. The van der Waals surface area contributed by atoms with E-state index in [0.717, 1.165) is 28.3 Å². The van der Waals surface area contributed by atoms with Gasteiger partial charge in [0.15, 0.2) is 5.82 Å². The van der Waals surface area contributed by atoms with Crippen LogP contribution in [0.15, 0.2) is 90.1 Å². The minimum absolute atomic E-state index is 0.211. The van der Waals surface area contributed by atoms with Crippen molar-refractivity contribution in [1.29, 1.82) is 0 Å². The summed E-state index contributed by atoms with van der Waals surface area (Å²) in [6.07, 6.45) is 0. The molecule has 0 fully saturated rings. The molecule has 4 aromatic rings. The molecule has 1 aromatic heterocycles. The first-order valence-corrected chi connectivity index (χ1v) is 11.7. The van der Waals surface area contributed by atoms with Gasteiger partial charge in [0.2, 0.25) is 5.95 Å². The minimum Gasteiger partial charge on any atom is -0.497 e. The van der Waals surface area contributed by atoms with Gasteiger partial charge >= 0.3 is 0 Å². The topological polar surface area (TPSA) is 90.3 Å². The molecule has 182 valence electrons. The van der Waals surface area contributed by atoms with E-state index in [4.69, 9.17) is 19.6 Å². The minimum atomic E-state index is -0.486. The standard InChI is InChI=1S/C28H27N5O3/c1-4-36-23-16-10-19(11-17-23)25-24(27(34)30-21-8-6-5-7-9-21)18(2)29-28-31-26(32-33(25)28)20-12-14-22(35-3)15-13-20/h5-17,25H,4H2,1-3H3,(H,30,34)(H,29,31,32). The summed E-state index contributed by atoms with van der Waals surface area (Å²) in [6.45, 7) is 4.41. The number of ether oxygens (including phenoxy) is 2. The second-order valence-electron chi connectivity index (χ2n) is 8.32. The van der Waals surface area contributed by atoms with E-state index in [9.17, 15) is 4.79 Å². The number of hydrogen-bond acceptors (Lipinski definition) is 6. The molecular weight excluding hydrogens is 454 g/mol. The summed E-state index contributed by atoms with van der Waals surface area (Å²) in [5.74, 6) is 2.42. The Balaban J connectivity index is 1.57. The molecule has 3 aromatic carbocycles. The number of fused-ring (bicyclic) bond motifs is 1. The van der Waals surface area contributed by atoms with Gasteiger partial charge in [0.1, 0.15) is 17.5 Å². The number of amides is 1. The van der Waals surface area contributed by atoms with Gasteiger partial charge in [-0.05, 0) is 67.9 Å². The van der Waals surface area contributed by atoms with Crippen molar-refractivity contribution in [2.24, 2.45) is 0 Å². The van der Waals surface area contributed by atoms with Gasteiger partial charge in [-0.3, -0.25) is 4.79 Å². The molecule has 5 rings (SSSR count). The van der Waals surface area contributed by atoms with E-state index in [-0.39, 0.29) is 5.91 Å². The fourth-order valence-corrected chi connectivity index (χ4v) is 4.25. The predicted octanol–water partition coefficient (Wildman–Crippen LogP) is 5.28. The molecule has 1 unspecified atom stereocenters. The van der Waals surface area contributed by atoms with Crippen molar-refractivity contribution in [1.82, 2.24) is 14.8 Å². The maximum atomic E-state index is 13.6. The lowest BCUT2D eigenvalue weighted by Gasteiger charge is -2.28. The zero-order chi connectivity index (χ0) is 25.1. The summed E-state index contributed by atoms with van der Waals surface area (Å²) in [7, 11) is 1.63. The molecule has 1 amide bonds.